The molecule has 0 radical (unpaired) electrons. The summed E-state index contributed by atoms with van der Waals surface area (Å²) in [5, 5.41) is 10.0. The number of para-hydroxylation sites is 1. The second-order valence-corrected chi connectivity index (χ2v) is 4.42. The molecule has 5 nitrogen and oxygen atoms in total. The summed E-state index contributed by atoms with van der Waals surface area (Å²) < 4.78 is 5.08. The molecule has 1 heterocycles. The second kappa shape index (κ2) is 6.34. The Kier molecular flexibility index (Phi) is 4.53. The predicted octanol–water partition coefficient (Wildman–Crippen LogP) is 2.41. The van der Waals surface area contributed by atoms with E-state index in [2.05, 4.69) is 4.98 Å². The summed E-state index contributed by atoms with van der Waals surface area (Å²) in [6.45, 7) is 4.00. The number of hydrogen-bond acceptors (Lipinski definition) is 4. The first kappa shape index (κ1) is 14.3. The number of fused-ring (bicyclic) bond motifs is 1. The molecule has 0 aliphatic heterocycles. The van der Waals surface area contributed by atoms with E-state index in [1.165, 1.54) is 0 Å². The smallest absolute Gasteiger partial charge is 0.336 e. The zero-order chi connectivity index (χ0) is 14.5. The maximum absolute atomic E-state index is 11.4. The maximum atomic E-state index is 11.4. The molecule has 106 valence electrons. The third-order valence-corrected chi connectivity index (χ3v) is 3.20. The van der Waals surface area contributed by atoms with Crippen LogP contribution in [0.3, 0.4) is 0 Å². The van der Waals surface area contributed by atoms with Crippen LogP contribution in [0.2, 0.25) is 0 Å². The molecule has 0 aliphatic rings. The number of anilines is 1. The summed E-state index contributed by atoms with van der Waals surface area (Å²) in [4.78, 5) is 18.0. The second-order valence-electron chi connectivity index (χ2n) is 4.42. The van der Waals surface area contributed by atoms with Gasteiger partial charge in [0.25, 0.3) is 0 Å². The van der Waals surface area contributed by atoms with E-state index in [-0.39, 0.29) is 5.56 Å². The molecular formula is C15H18N2O3. The minimum Gasteiger partial charge on any atom is -0.478 e. The lowest BCUT2D eigenvalue weighted by molar-refractivity contribution is 0.0699. The zero-order valence-corrected chi connectivity index (χ0v) is 11.7. The van der Waals surface area contributed by atoms with Gasteiger partial charge < -0.3 is 14.7 Å². The third-order valence-electron chi connectivity index (χ3n) is 3.20. The molecule has 0 amide bonds. The summed E-state index contributed by atoms with van der Waals surface area (Å²) in [6, 6.07) is 8.91. The van der Waals surface area contributed by atoms with Gasteiger partial charge >= 0.3 is 5.97 Å². The number of carbonyl (C=O) groups is 1. The number of aromatic nitrogens is 1. The van der Waals surface area contributed by atoms with E-state index in [0.29, 0.717) is 29.9 Å². The van der Waals surface area contributed by atoms with Crippen molar-refractivity contribution in [3.63, 3.8) is 0 Å². The summed E-state index contributed by atoms with van der Waals surface area (Å²) in [7, 11) is 1.64. The van der Waals surface area contributed by atoms with Gasteiger partial charge in [-0.3, -0.25) is 0 Å². The van der Waals surface area contributed by atoms with Crippen LogP contribution in [-0.4, -0.2) is 42.9 Å². The first-order valence-electron chi connectivity index (χ1n) is 6.54. The molecule has 0 spiro atoms. The zero-order valence-electron chi connectivity index (χ0n) is 11.7. The highest BCUT2D eigenvalue weighted by atomic mass is 16.5. The molecule has 0 bridgehead atoms. The number of methoxy groups -OCH3 is 1. The van der Waals surface area contributed by atoms with Crippen molar-refractivity contribution < 1.29 is 14.6 Å². The SMILES string of the molecule is CCN(CCOC)c1cc(C(=O)O)c2ccccc2n1. The summed E-state index contributed by atoms with van der Waals surface area (Å²) in [5.41, 5.74) is 0.972. The van der Waals surface area contributed by atoms with Crippen molar-refractivity contribution in [3.05, 3.63) is 35.9 Å². The van der Waals surface area contributed by atoms with Gasteiger partial charge in [-0.05, 0) is 19.1 Å². The van der Waals surface area contributed by atoms with Crippen LogP contribution in [0, 0.1) is 0 Å². The van der Waals surface area contributed by atoms with Gasteiger partial charge in [0.05, 0.1) is 17.7 Å². The number of pyridine rings is 1. The molecule has 2 rings (SSSR count). The highest BCUT2D eigenvalue weighted by Gasteiger charge is 2.14. The molecular weight excluding hydrogens is 256 g/mol. The molecule has 1 aromatic heterocycles. The molecule has 0 saturated carbocycles. The average molecular weight is 274 g/mol. The monoisotopic (exact) mass is 274 g/mol. The lowest BCUT2D eigenvalue weighted by Crippen LogP contribution is -2.28. The number of benzene rings is 1. The molecule has 0 atom stereocenters. The minimum absolute atomic E-state index is 0.279. The normalized spacial score (nSPS) is 10.7. The molecule has 5 heteroatoms. The Hall–Kier alpha value is -2.14. The van der Waals surface area contributed by atoms with Crippen LogP contribution in [0.25, 0.3) is 10.9 Å². The number of carboxylic acid groups (broad SMARTS) is 1. The standard InChI is InChI=1S/C15H18N2O3/c1-3-17(8-9-20-2)14-10-12(15(18)19)11-6-4-5-7-13(11)16-14/h4-7,10H,3,8-9H2,1-2H3,(H,18,19). The Bertz CT molecular complexity index is 613. The molecule has 20 heavy (non-hydrogen) atoms. The van der Waals surface area contributed by atoms with E-state index in [9.17, 15) is 9.90 Å². The molecule has 1 aromatic carbocycles. The van der Waals surface area contributed by atoms with Crippen molar-refractivity contribution in [2.75, 3.05) is 31.7 Å². The Labute approximate surface area is 117 Å². The van der Waals surface area contributed by atoms with Gasteiger partial charge in [0.1, 0.15) is 5.82 Å². The maximum Gasteiger partial charge on any atom is 0.336 e. The van der Waals surface area contributed by atoms with Crippen molar-refractivity contribution in [2.45, 2.75) is 6.92 Å². The van der Waals surface area contributed by atoms with Gasteiger partial charge in [-0.2, -0.15) is 0 Å². The molecule has 0 unspecified atom stereocenters. The predicted molar refractivity (Wildman–Crippen MR) is 78.5 cm³/mol. The first-order valence-corrected chi connectivity index (χ1v) is 6.54. The highest BCUT2D eigenvalue weighted by molar-refractivity contribution is 6.03. The number of carboxylic acids is 1. The van der Waals surface area contributed by atoms with Crippen molar-refractivity contribution in [3.8, 4) is 0 Å². The molecule has 2 aromatic rings. The number of ether oxygens (including phenoxy) is 1. The topological polar surface area (TPSA) is 62.7 Å². The van der Waals surface area contributed by atoms with E-state index in [4.69, 9.17) is 4.74 Å². The molecule has 0 saturated heterocycles. The van der Waals surface area contributed by atoms with Gasteiger partial charge in [-0.1, -0.05) is 18.2 Å². The summed E-state index contributed by atoms with van der Waals surface area (Å²) >= 11 is 0. The van der Waals surface area contributed by atoms with Crippen LogP contribution in [0.1, 0.15) is 17.3 Å². The largest absolute Gasteiger partial charge is 0.478 e. The van der Waals surface area contributed by atoms with E-state index in [0.717, 1.165) is 6.54 Å². The number of hydrogen-bond donors (Lipinski definition) is 1. The molecule has 1 N–H and O–H groups in total. The van der Waals surface area contributed by atoms with Gasteiger partial charge in [0.15, 0.2) is 0 Å². The number of rotatable bonds is 6. The van der Waals surface area contributed by atoms with E-state index >= 15 is 0 Å². The van der Waals surface area contributed by atoms with E-state index < -0.39 is 5.97 Å². The Morgan fingerprint density at radius 2 is 2.15 bits per heavy atom. The number of aromatic carboxylic acids is 1. The lowest BCUT2D eigenvalue weighted by Gasteiger charge is -2.22. The Morgan fingerprint density at radius 1 is 1.40 bits per heavy atom. The molecule has 0 fully saturated rings. The van der Waals surface area contributed by atoms with Crippen LogP contribution in [0.5, 0.6) is 0 Å². The fourth-order valence-corrected chi connectivity index (χ4v) is 2.14. The van der Waals surface area contributed by atoms with Crippen molar-refractivity contribution in [1.29, 1.82) is 0 Å². The van der Waals surface area contributed by atoms with Crippen LogP contribution in [-0.2, 0) is 4.74 Å². The lowest BCUT2D eigenvalue weighted by atomic mass is 10.1. The number of likely N-dealkylation sites (N-methyl/N-ethyl adjacent to an activating group) is 1. The van der Waals surface area contributed by atoms with Crippen molar-refractivity contribution >= 4 is 22.7 Å². The summed E-state index contributed by atoms with van der Waals surface area (Å²) in [6.07, 6.45) is 0. The quantitative estimate of drug-likeness (QED) is 0.876. The fraction of sp³-hybridized carbons (Fsp3) is 0.333. The van der Waals surface area contributed by atoms with E-state index in [1.807, 2.05) is 30.0 Å². The van der Waals surface area contributed by atoms with Crippen LogP contribution in [0.15, 0.2) is 30.3 Å². The third kappa shape index (κ3) is 2.88. The van der Waals surface area contributed by atoms with Gasteiger partial charge in [-0.15, -0.1) is 0 Å². The Morgan fingerprint density at radius 3 is 2.80 bits per heavy atom. The first-order chi connectivity index (χ1) is 9.67. The van der Waals surface area contributed by atoms with Crippen molar-refractivity contribution in [1.82, 2.24) is 4.98 Å². The van der Waals surface area contributed by atoms with Gasteiger partial charge in [0.2, 0.25) is 0 Å². The Balaban J connectivity index is 2.51. The van der Waals surface area contributed by atoms with Crippen LogP contribution < -0.4 is 4.90 Å². The van der Waals surface area contributed by atoms with E-state index in [1.54, 1.807) is 19.2 Å². The number of nitrogens with zero attached hydrogens (tertiary/aromatic N) is 2. The summed E-state index contributed by atoms with van der Waals surface area (Å²) in [5.74, 6) is -0.270. The fourth-order valence-electron chi connectivity index (χ4n) is 2.14. The minimum atomic E-state index is -0.937. The van der Waals surface area contributed by atoms with Crippen LogP contribution >= 0.6 is 0 Å². The van der Waals surface area contributed by atoms with Crippen molar-refractivity contribution in [2.24, 2.45) is 0 Å². The van der Waals surface area contributed by atoms with Crippen LogP contribution in [0.4, 0.5) is 5.82 Å². The average Bonchev–Trinajstić information content (AvgIpc) is 2.47. The van der Waals surface area contributed by atoms with Gasteiger partial charge in [-0.25, -0.2) is 9.78 Å². The highest BCUT2D eigenvalue weighted by Crippen LogP contribution is 2.23. The molecule has 0 aliphatic carbocycles. The van der Waals surface area contributed by atoms with Gasteiger partial charge in [0, 0.05) is 25.6 Å².